The fourth-order valence-electron chi connectivity index (χ4n) is 1.68. The van der Waals surface area contributed by atoms with Gasteiger partial charge in [0.25, 0.3) is 0 Å². The van der Waals surface area contributed by atoms with E-state index in [-0.39, 0.29) is 6.61 Å². The summed E-state index contributed by atoms with van der Waals surface area (Å²) >= 11 is 0. The second kappa shape index (κ2) is 5.87. The van der Waals surface area contributed by atoms with Gasteiger partial charge in [-0.1, -0.05) is 28.2 Å². The number of hydrogen-bond donors (Lipinski definition) is 0. The lowest BCUT2D eigenvalue weighted by molar-refractivity contribution is -0.394. The molecule has 1 aromatic carbocycles. The first-order valence-electron chi connectivity index (χ1n) is 5.86. The SMILES string of the molecule is CCOC(=O)c1ccccc1-c1cnc([N+](=O)[O-])nc1. The van der Waals surface area contributed by atoms with Crippen LogP contribution in [0.1, 0.15) is 17.3 Å². The van der Waals surface area contributed by atoms with Crippen molar-refractivity contribution in [1.29, 1.82) is 0 Å². The molecule has 2 aromatic rings. The number of aromatic nitrogens is 2. The molecule has 0 saturated heterocycles. The molecule has 0 atom stereocenters. The lowest BCUT2D eigenvalue weighted by Gasteiger charge is -2.07. The van der Waals surface area contributed by atoms with E-state index in [0.29, 0.717) is 16.7 Å². The first-order chi connectivity index (χ1) is 9.63. The van der Waals surface area contributed by atoms with Crippen LogP contribution in [0.2, 0.25) is 0 Å². The summed E-state index contributed by atoms with van der Waals surface area (Å²) in [4.78, 5) is 29.0. The van der Waals surface area contributed by atoms with Crippen molar-refractivity contribution in [2.75, 3.05) is 6.61 Å². The number of carbonyl (C=O) groups excluding carboxylic acids is 1. The Hall–Kier alpha value is -2.83. The van der Waals surface area contributed by atoms with Crippen molar-refractivity contribution in [1.82, 2.24) is 9.97 Å². The highest BCUT2D eigenvalue weighted by Gasteiger charge is 2.16. The van der Waals surface area contributed by atoms with Gasteiger partial charge in [-0.15, -0.1) is 0 Å². The number of benzene rings is 1. The predicted molar refractivity (Wildman–Crippen MR) is 70.1 cm³/mol. The van der Waals surface area contributed by atoms with Crippen LogP contribution in [-0.4, -0.2) is 27.5 Å². The van der Waals surface area contributed by atoms with Gasteiger partial charge in [0.05, 0.1) is 17.7 Å². The number of nitro groups is 1. The van der Waals surface area contributed by atoms with Crippen LogP contribution in [0.4, 0.5) is 5.95 Å². The zero-order chi connectivity index (χ0) is 14.5. The summed E-state index contributed by atoms with van der Waals surface area (Å²) in [7, 11) is 0. The van der Waals surface area contributed by atoms with Crippen molar-refractivity contribution >= 4 is 11.9 Å². The van der Waals surface area contributed by atoms with Crippen LogP contribution >= 0.6 is 0 Å². The highest BCUT2D eigenvalue weighted by molar-refractivity contribution is 5.97. The van der Waals surface area contributed by atoms with Crippen LogP contribution < -0.4 is 0 Å². The third-order valence-corrected chi connectivity index (χ3v) is 2.53. The highest BCUT2D eigenvalue weighted by Crippen LogP contribution is 2.23. The quantitative estimate of drug-likeness (QED) is 0.481. The van der Waals surface area contributed by atoms with Crippen molar-refractivity contribution in [2.45, 2.75) is 6.92 Å². The fourth-order valence-corrected chi connectivity index (χ4v) is 1.68. The zero-order valence-corrected chi connectivity index (χ0v) is 10.6. The minimum atomic E-state index is -0.680. The van der Waals surface area contributed by atoms with E-state index in [1.165, 1.54) is 12.4 Å². The van der Waals surface area contributed by atoms with Crippen LogP contribution in [0, 0.1) is 10.1 Å². The van der Waals surface area contributed by atoms with Gasteiger partial charge in [0.1, 0.15) is 12.4 Å². The topological polar surface area (TPSA) is 95.2 Å². The van der Waals surface area contributed by atoms with E-state index >= 15 is 0 Å². The lowest BCUT2D eigenvalue weighted by atomic mass is 10.0. The first kappa shape index (κ1) is 13.6. The van der Waals surface area contributed by atoms with Crippen LogP contribution in [0.5, 0.6) is 0 Å². The third-order valence-electron chi connectivity index (χ3n) is 2.53. The smallest absolute Gasteiger partial charge is 0.462 e. The molecule has 0 radical (unpaired) electrons. The minimum absolute atomic E-state index is 0.268. The molecule has 102 valence electrons. The van der Waals surface area contributed by atoms with Crippen LogP contribution in [-0.2, 0) is 4.74 Å². The van der Waals surface area contributed by atoms with Gasteiger partial charge in [-0.05, 0) is 17.9 Å². The van der Waals surface area contributed by atoms with Gasteiger partial charge in [-0.2, -0.15) is 0 Å². The van der Waals surface area contributed by atoms with Crippen molar-refractivity contribution in [2.24, 2.45) is 0 Å². The minimum Gasteiger partial charge on any atom is -0.462 e. The summed E-state index contributed by atoms with van der Waals surface area (Å²) in [6.45, 7) is 1.99. The van der Waals surface area contributed by atoms with Crippen molar-refractivity contribution < 1.29 is 14.5 Å². The molecule has 0 unspecified atom stereocenters. The van der Waals surface area contributed by atoms with E-state index < -0.39 is 16.8 Å². The maximum absolute atomic E-state index is 11.8. The molecule has 0 spiro atoms. The number of ether oxygens (including phenoxy) is 1. The van der Waals surface area contributed by atoms with Crippen molar-refractivity contribution in [3.63, 3.8) is 0 Å². The molecule has 0 N–H and O–H groups in total. The number of rotatable bonds is 4. The average Bonchev–Trinajstić information content (AvgIpc) is 2.47. The van der Waals surface area contributed by atoms with E-state index in [4.69, 9.17) is 4.74 Å². The molecule has 20 heavy (non-hydrogen) atoms. The number of hydrogen-bond acceptors (Lipinski definition) is 6. The second-order valence-electron chi connectivity index (χ2n) is 3.79. The molecule has 1 heterocycles. The van der Waals surface area contributed by atoms with E-state index in [1.54, 1.807) is 31.2 Å². The van der Waals surface area contributed by atoms with E-state index in [2.05, 4.69) is 9.97 Å². The Balaban J connectivity index is 2.42. The Morgan fingerprint density at radius 3 is 2.55 bits per heavy atom. The Labute approximate surface area is 114 Å². The van der Waals surface area contributed by atoms with Crippen LogP contribution in [0.25, 0.3) is 11.1 Å². The molecule has 7 nitrogen and oxygen atoms in total. The molecule has 0 amide bonds. The third kappa shape index (κ3) is 2.77. The molecule has 0 aliphatic rings. The maximum atomic E-state index is 11.8. The summed E-state index contributed by atoms with van der Waals surface area (Å²) in [5, 5.41) is 10.5. The monoisotopic (exact) mass is 273 g/mol. The average molecular weight is 273 g/mol. The second-order valence-corrected chi connectivity index (χ2v) is 3.79. The maximum Gasteiger partial charge on any atom is 0.468 e. The summed E-state index contributed by atoms with van der Waals surface area (Å²) in [6, 6.07) is 6.78. The highest BCUT2D eigenvalue weighted by atomic mass is 16.6. The Kier molecular flexibility index (Phi) is 3.99. The van der Waals surface area contributed by atoms with Gasteiger partial charge in [0.2, 0.25) is 0 Å². The number of nitrogens with zero attached hydrogens (tertiary/aromatic N) is 3. The van der Waals surface area contributed by atoms with Gasteiger partial charge in [0, 0.05) is 5.56 Å². The van der Waals surface area contributed by atoms with E-state index in [0.717, 1.165) is 0 Å². The van der Waals surface area contributed by atoms with Crippen molar-refractivity contribution in [3.05, 3.63) is 52.3 Å². The molecule has 0 bridgehead atoms. The van der Waals surface area contributed by atoms with E-state index in [1.807, 2.05) is 0 Å². The number of esters is 1. The Morgan fingerprint density at radius 2 is 1.95 bits per heavy atom. The van der Waals surface area contributed by atoms with Crippen molar-refractivity contribution in [3.8, 4) is 11.1 Å². The van der Waals surface area contributed by atoms with Crippen LogP contribution in [0.3, 0.4) is 0 Å². The molecule has 0 fully saturated rings. The lowest BCUT2D eigenvalue weighted by Crippen LogP contribution is -2.06. The summed E-state index contributed by atoms with van der Waals surface area (Å²) in [5.41, 5.74) is 1.45. The Bertz CT molecular complexity index is 640. The normalized spacial score (nSPS) is 10.1. The van der Waals surface area contributed by atoms with E-state index in [9.17, 15) is 14.9 Å². The molecule has 2 rings (SSSR count). The first-order valence-corrected chi connectivity index (χ1v) is 5.86. The molecule has 0 saturated carbocycles. The molecular weight excluding hydrogens is 262 g/mol. The zero-order valence-electron chi connectivity index (χ0n) is 10.6. The summed E-state index contributed by atoms with van der Waals surface area (Å²) in [6.07, 6.45) is 2.62. The molecule has 0 aliphatic carbocycles. The number of carbonyl (C=O) groups is 1. The summed E-state index contributed by atoms with van der Waals surface area (Å²) < 4.78 is 4.96. The van der Waals surface area contributed by atoms with Gasteiger partial charge in [0.15, 0.2) is 0 Å². The molecule has 7 heteroatoms. The van der Waals surface area contributed by atoms with Crippen LogP contribution in [0.15, 0.2) is 36.7 Å². The standard InChI is InChI=1S/C13H11N3O4/c1-2-20-12(17)11-6-4-3-5-10(11)9-7-14-13(15-8-9)16(18)19/h3-8H,2H2,1H3. The predicted octanol–water partition coefficient (Wildman–Crippen LogP) is 2.23. The van der Waals surface area contributed by atoms with Gasteiger partial charge < -0.3 is 14.9 Å². The van der Waals surface area contributed by atoms with Gasteiger partial charge in [-0.25, -0.2) is 4.79 Å². The molecular formula is C13H11N3O4. The van der Waals surface area contributed by atoms with Gasteiger partial charge >= 0.3 is 11.9 Å². The fraction of sp³-hybridized carbons (Fsp3) is 0.154. The summed E-state index contributed by atoms with van der Waals surface area (Å²) in [5.74, 6) is -0.941. The largest absolute Gasteiger partial charge is 0.468 e. The molecule has 1 aromatic heterocycles. The molecule has 0 aliphatic heterocycles. The Morgan fingerprint density at radius 1 is 1.30 bits per heavy atom. The van der Waals surface area contributed by atoms with Gasteiger partial charge in [-0.3, -0.25) is 0 Å².